The van der Waals surface area contributed by atoms with Crippen molar-refractivity contribution in [3.63, 3.8) is 0 Å². The van der Waals surface area contributed by atoms with Gasteiger partial charge >= 0.3 is 0 Å². The first-order chi connectivity index (χ1) is 13.3. The van der Waals surface area contributed by atoms with E-state index in [9.17, 15) is 23.1 Å². The lowest BCUT2D eigenvalue weighted by Crippen LogP contribution is -2.49. The lowest BCUT2D eigenvalue weighted by Gasteiger charge is -2.34. The molecule has 12 heteroatoms. The number of hydrogen-bond donors (Lipinski definition) is 3. The van der Waals surface area contributed by atoms with Crippen LogP contribution in [0, 0.1) is 5.41 Å². The Morgan fingerprint density at radius 1 is 1.38 bits per heavy atom. The summed E-state index contributed by atoms with van der Waals surface area (Å²) in [7, 11) is -2.38. The summed E-state index contributed by atoms with van der Waals surface area (Å²) in [5, 5.41) is 26.0. The molecule has 11 nitrogen and oxygen atoms in total. The van der Waals surface area contributed by atoms with E-state index in [2.05, 4.69) is 15.6 Å². The van der Waals surface area contributed by atoms with Crippen LogP contribution in [0.25, 0.3) is 0 Å². The zero-order valence-electron chi connectivity index (χ0n) is 17.0. The molecule has 0 bridgehead atoms. The first kappa shape index (κ1) is 21.7. The fraction of sp³-hybridized carbons (Fsp3) is 0.765. The number of nitrogens with zero attached hydrogens (tertiary/aromatic N) is 4. The number of nitrogens with one attached hydrogen (secondary N) is 1. The van der Waals surface area contributed by atoms with Gasteiger partial charge in [-0.2, -0.15) is 0 Å². The number of likely N-dealkylation sites (tertiary alicyclic amines) is 1. The SMILES string of the molecule is CNC(=O)[C@@H]1C[C@@H](O)CN1C(=O)[C@@H](n1cc(C2(S(N)(=O)=O)CC2)nn1)C(C)(C)C. The Hall–Kier alpha value is -2.05. The van der Waals surface area contributed by atoms with E-state index in [4.69, 9.17) is 5.14 Å². The third kappa shape index (κ3) is 3.76. The highest BCUT2D eigenvalue weighted by atomic mass is 32.2. The van der Waals surface area contributed by atoms with Crippen molar-refractivity contribution in [2.75, 3.05) is 13.6 Å². The minimum absolute atomic E-state index is 0.0339. The van der Waals surface area contributed by atoms with Crippen LogP contribution in [0.1, 0.15) is 51.8 Å². The van der Waals surface area contributed by atoms with Crippen LogP contribution >= 0.6 is 0 Å². The van der Waals surface area contributed by atoms with Gasteiger partial charge in [0.25, 0.3) is 0 Å². The maximum Gasteiger partial charge on any atom is 0.248 e. The smallest absolute Gasteiger partial charge is 0.248 e. The van der Waals surface area contributed by atoms with Crippen LogP contribution in [0.3, 0.4) is 0 Å². The molecule has 3 rings (SSSR count). The number of rotatable bonds is 5. The predicted octanol–water partition coefficient (Wildman–Crippen LogP) is -1.15. The molecule has 0 aromatic carbocycles. The van der Waals surface area contributed by atoms with Gasteiger partial charge in [-0.1, -0.05) is 26.0 Å². The molecule has 0 spiro atoms. The van der Waals surface area contributed by atoms with E-state index in [1.165, 1.54) is 22.8 Å². The normalized spacial score (nSPS) is 25.0. The number of aliphatic hydroxyl groups excluding tert-OH is 1. The second kappa shape index (κ2) is 7.03. The number of β-amino-alcohol motifs (C(OH)–C–C–N with tert-alkyl or cyclic N) is 1. The number of carbonyl (C=O) groups excluding carboxylic acids is 2. The van der Waals surface area contributed by atoms with Crippen LogP contribution in [-0.4, -0.2) is 71.0 Å². The van der Waals surface area contributed by atoms with Gasteiger partial charge in [0, 0.05) is 20.0 Å². The Morgan fingerprint density at radius 3 is 2.48 bits per heavy atom. The number of carbonyl (C=O) groups is 2. The van der Waals surface area contributed by atoms with Crippen molar-refractivity contribution in [1.82, 2.24) is 25.2 Å². The van der Waals surface area contributed by atoms with Gasteiger partial charge in [0.05, 0.1) is 12.3 Å². The molecule has 1 aliphatic heterocycles. The maximum atomic E-state index is 13.4. The zero-order chi connectivity index (χ0) is 21.8. The topological polar surface area (TPSA) is 161 Å². The molecule has 1 aromatic rings. The van der Waals surface area contributed by atoms with E-state index in [0.717, 1.165) is 0 Å². The lowest BCUT2D eigenvalue weighted by atomic mass is 9.85. The van der Waals surface area contributed by atoms with Crippen molar-refractivity contribution in [1.29, 1.82) is 0 Å². The lowest BCUT2D eigenvalue weighted by molar-refractivity contribution is -0.144. The maximum absolute atomic E-state index is 13.4. The van der Waals surface area contributed by atoms with Gasteiger partial charge in [-0.15, -0.1) is 5.10 Å². The molecular formula is C17H28N6O5S. The van der Waals surface area contributed by atoms with Crippen molar-refractivity contribution in [3.8, 4) is 0 Å². The Balaban J connectivity index is 1.96. The summed E-state index contributed by atoms with van der Waals surface area (Å²) in [6.07, 6.45) is 1.52. The predicted molar refractivity (Wildman–Crippen MR) is 103 cm³/mol. The molecule has 4 N–H and O–H groups in total. The standard InChI is InChI=1S/C17H28N6O5S/c1-16(2,3)13(15(26)22-8-10(24)7-11(22)14(25)19-4)23-9-12(20-21-23)17(5-6-17)29(18,27)28/h9-11,13,24H,5-8H2,1-4H3,(H,19,25)(H2,18,27,28)/t10-,11+,13-/m1/s1. The van der Waals surface area contributed by atoms with Crippen molar-refractivity contribution in [2.45, 2.75) is 63.0 Å². The van der Waals surface area contributed by atoms with E-state index in [-0.39, 0.29) is 30.5 Å². The van der Waals surface area contributed by atoms with Crippen molar-refractivity contribution >= 4 is 21.8 Å². The Morgan fingerprint density at radius 2 is 2.00 bits per heavy atom. The third-order valence-electron chi connectivity index (χ3n) is 5.66. The molecule has 2 heterocycles. The van der Waals surface area contributed by atoms with Crippen LogP contribution in [0.2, 0.25) is 0 Å². The van der Waals surface area contributed by atoms with Crippen molar-refractivity contribution < 1.29 is 23.1 Å². The second-order valence-corrected chi connectivity index (χ2v) is 10.8. The van der Waals surface area contributed by atoms with E-state index >= 15 is 0 Å². The van der Waals surface area contributed by atoms with E-state index < -0.39 is 38.4 Å². The summed E-state index contributed by atoms with van der Waals surface area (Å²) in [5.74, 6) is -0.743. The van der Waals surface area contributed by atoms with Gasteiger partial charge in [0.2, 0.25) is 21.8 Å². The van der Waals surface area contributed by atoms with Gasteiger partial charge in [0.1, 0.15) is 22.5 Å². The zero-order valence-corrected chi connectivity index (χ0v) is 17.8. The summed E-state index contributed by atoms with van der Waals surface area (Å²) >= 11 is 0. The summed E-state index contributed by atoms with van der Waals surface area (Å²) < 4.78 is 24.0. The molecule has 1 saturated heterocycles. The number of sulfonamides is 1. The largest absolute Gasteiger partial charge is 0.391 e. The first-order valence-corrected chi connectivity index (χ1v) is 11.0. The number of amides is 2. The molecular weight excluding hydrogens is 400 g/mol. The van der Waals surface area contributed by atoms with Crippen LogP contribution < -0.4 is 10.5 Å². The highest BCUT2D eigenvalue weighted by Gasteiger charge is 2.57. The Kier molecular flexibility index (Phi) is 5.25. The fourth-order valence-corrected chi connectivity index (χ4v) is 4.98. The third-order valence-corrected chi connectivity index (χ3v) is 7.36. The molecule has 2 aliphatic rings. The van der Waals surface area contributed by atoms with E-state index in [1.54, 1.807) is 0 Å². The number of hydrogen-bond acceptors (Lipinski definition) is 7. The number of likely N-dealkylation sites (N-methyl/N-ethyl adjacent to an activating group) is 1. The van der Waals surface area contributed by atoms with Crippen LogP contribution in [-0.2, 0) is 24.4 Å². The molecule has 2 fully saturated rings. The molecule has 29 heavy (non-hydrogen) atoms. The molecule has 0 unspecified atom stereocenters. The Labute approximate surface area is 169 Å². The highest BCUT2D eigenvalue weighted by molar-refractivity contribution is 7.90. The first-order valence-electron chi connectivity index (χ1n) is 9.46. The fourth-order valence-electron chi connectivity index (χ4n) is 3.92. The minimum atomic E-state index is -3.86. The summed E-state index contributed by atoms with van der Waals surface area (Å²) in [6, 6.07) is -1.63. The molecule has 0 radical (unpaired) electrons. The summed E-state index contributed by atoms with van der Waals surface area (Å²) in [4.78, 5) is 27.0. The molecule has 1 aliphatic carbocycles. The number of aromatic nitrogens is 3. The van der Waals surface area contributed by atoms with Gasteiger partial charge < -0.3 is 15.3 Å². The quantitative estimate of drug-likeness (QED) is 0.533. The highest BCUT2D eigenvalue weighted by Crippen LogP contribution is 2.50. The molecule has 1 aromatic heterocycles. The Bertz CT molecular complexity index is 917. The van der Waals surface area contributed by atoms with Crippen molar-refractivity contribution in [2.24, 2.45) is 10.6 Å². The number of aliphatic hydroxyl groups is 1. The van der Waals surface area contributed by atoms with Crippen LogP contribution in [0.4, 0.5) is 0 Å². The molecule has 2 amide bonds. The van der Waals surface area contributed by atoms with Crippen LogP contribution in [0.15, 0.2) is 6.20 Å². The average molecular weight is 429 g/mol. The number of primary sulfonamides is 1. The molecule has 3 atom stereocenters. The van der Waals surface area contributed by atoms with Gasteiger partial charge in [0.15, 0.2) is 0 Å². The monoisotopic (exact) mass is 428 g/mol. The summed E-state index contributed by atoms with van der Waals surface area (Å²) in [6.45, 7) is 5.55. The van der Waals surface area contributed by atoms with E-state index in [0.29, 0.717) is 12.8 Å². The average Bonchev–Trinajstić information content (AvgIpc) is 3.14. The molecule has 1 saturated carbocycles. The molecule has 162 valence electrons. The van der Waals surface area contributed by atoms with Gasteiger partial charge in [-0.25, -0.2) is 18.2 Å². The van der Waals surface area contributed by atoms with Gasteiger partial charge in [-0.05, 0) is 18.3 Å². The van der Waals surface area contributed by atoms with E-state index in [1.807, 2.05) is 20.8 Å². The minimum Gasteiger partial charge on any atom is -0.391 e. The summed E-state index contributed by atoms with van der Waals surface area (Å²) in [5.41, 5.74) is -0.410. The van der Waals surface area contributed by atoms with Crippen molar-refractivity contribution in [3.05, 3.63) is 11.9 Å². The van der Waals surface area contributed by atoms with Crippen LogP contribution in [0.5, 0.6) is 0 Å². The van der Waals surface area contributed by atoms with Gasteiger partial charge in [-0.3, -0.25) is 9.59 Å². The number of nitrogens with two attached hydrogens (primary N) is 1. The second-order valence-electron chi connectivity index (χ2n) is 8.90.